The molecule has 0 saturated heterocycles. The van der Waals surface area contributed by atoms with E-state index in [0.29, 0.717) is 24.1 Å². The molecule has 1 amide bonds. The SMILES string of the molecule is Cc1ccc(S(C)(=O)=O)cc1C(=O)NCCc1ccc(OC(F)F)cc1. The van der Waals surface area contributed by atoms with Gasteiger partial charge in [-0.05, 0) is 48.7 Å². The van der Waals surface area contributed by atoms with Crippen molar-refractivity contribution in [1.82, 2.24) is 5.32 Å². The van der Waals surface area contributed by atoms with Crippen LogP contribution in [0.5, 0.6) is 5.75 Å². The fourth-order valence-corrected chi connectivity index (χ4v) is 2.98. The van der Waals surface area contributed by atoms with Gasteiger partial charge in [0, 0.05) is 18.4 Å². The van der Waals surface area contributed by atoms with Gasteiger partial charge in [-0.15, -0.1) is 0 Å². The minimum absolute atomic E-state index is 0.0704. The molecule has 0 aliphatic heterocycles. The highest BCUT2D eigenvalue weighted by Crippen LogP contribution is 2.16. The first kappa shape index (κ1) is 19.8. The number of hydrogen-bond donors (Lipinski definition) is 1. The van der Waals surface area contributed by atoms with Gasteiger partial charge in [-0.2, -0.15) is 8.78 Å². The summed E-state index contributed by atoms with van der Waals surface area (Å²) in [6, 6.07) is 10.6. The molecule has 0 aromatic heterocycles. The molecule has 140 valence electrons. The molecular formula is C18H19F2NO4S. The van der Waals surface area contributed by atoms with Crippen LogP contribution in [0, 0.1) is 6.92 Å². The normalized spacial score (nSPS) is 11.4. The molecule has 0 heterocycles. The van der Waals surface area contributed by atoms with Gasteiger partial charge in [0.2, 0.25) is 0 Å². The molecule has 8 heteroatoms. The number of rotatable bonds is 7. The summed E-state index contributed by atoms with van der Waals surface area (Å²) in [6.07, 6.45) is 1.58. The summed E-state index contributed by atoms with van der Waals surface area (Å²) in [5.41, 5.74) is 1.81. The number of alkyl halides is 2. The largest absolute Gasteiger partial charge is 0.435 e. The van der Waals surface area contributed by atoms with Gasteiger partial charge in [0.05, 0.1) is 4.90 Å². The van der Waals surface area contributed by atoms with Crippen molar-refractivity contribution in [3.8, 4) is 5.75 Å². The molecule has 2 aromatic rings. The molecule has 0 fully saturated rings. The summed E-state index contributed by atoms with van der Waals surface area (Å²) >= 11 is 0. The molecule has 0 radical (unpaired) electrons. The molecule has 0 unspecified atom stereocenters. The minimum atomic E-state index is -3.40. The summed E-state index contributed by atoms with van der Waals surface area (Å²) in [6.45, 7) is -0.829. The van der Waals surface area contributed by atoms with Gasteiger partial charge in [-0.25, -0.2) is 8.42 Å². The monoisotopic (exact) mass is 383 g/mol. The van der Waals surface area contributed by atoms with E-state index in [1.165, 1.54) is 24.3 Å². The van der Waals surface area contributed by atoms with Crippen molar-refractivity contribution in [2.75, 3.05) is 12.8 Å². The molecule has 5 nitrogen and oxygen atoms in total. The lowest BCUT2D eigenvalue weighted by molar-refractivity contribution is -0.0498. The lowest BCUT2D eigenvalue weighted by Crippen LogP contribution is -2.26. The van der Waals surface area contributed by atoms with Gasteiger partial charge in [0.1, 0.15) is 5.75 Å². The summed E-state index contributed by atoms with van der Waals surface area (Å²) < 4.78 is 51.7. The van der Waals surface area contributed by atoms with Crippen LogP contribution in [0.1, 0.15) is 21.5 Å². The molecule has 1 N–H and O–H groups in total. The van der Waals surface area contributed by atoms with Gasteiger partial charge < -0.3 is 10.1 Å². The second-order valence-electron chi connectivity index (χ2n) is 5.78. The highest BCUT2D eigenvalue weighted by molar-refractivity contribution is 7.90. The van der Waals surface area contributed by atoms with Crippen LogP contribution in [-0.4, -0.2) is 33.7 Å². The number of hydrogen-bond acceptors (Lipinski definition) is 4. The lowest BCUT2D eigenvalue weighted by Gasteiger charge is -2.10. The number of carbonyl (C=O) groups excluding carboxylic acids is 1. The van der Waals surface area contributed by atoms with E-state index in [1.807, 2.05) is 0 Å². The fourth-order valence-electron chi connectivity index (χ4n) is 2.33. The molecule has 0 bridgehead atoms. The molecular weight excluding hydrogens is 364 g/mol. The smallest absolute Gasteiger partial charge is 0.387 e. The third-order valence-electron chi connectivity index (χ3n) is 3.73. The van der Waals surface area contributed by atoms with Crippen molar-refractivity contribution >= 4 is 15.7 Å². The van der Waals surface area contributed by atoms with E-state index in [4.69, 9.17) is 0 Å². The van der Waals surface area contributed by atoms with Crippen molar-refractivity contribution in [1.29, 1.82) is 0 Å². The van der Waals surface area contributed by atoms with Gasteiger partial charge in [0.25, 0.3) is 5.91 Å². The Hall–Kier alpha value is -2.48. The fraction of sp³-hybridized carbons (Fsp3) is 0.278. The standard InChI is InChI=1S/C18H19F2NO4S/c1-12-3-8-15(26(2,23)24)11-16(12)17(22)21-10-9-13-4-6-14(7-5-13)25-18(19)20/h3-8,11,18H,9-10H2,1-2H3,(H,21,22). The Kier molecular flexibility index (Phi) is 6.31. The van der Waals surface area contributed by atoms with E-state index in [2.05, 4.69) is 10.1 Å². The van der Waals surface area contributed by atoms with Gasteiger partial charge in [-0.1, -0.05) is 18.2 Å². The van der Waals surface area contributed by atoms with Crippen molar-refractivity contribution in [3.05, 3.63) is 59.2 Å². The maximum Gasteiger partial charge on any atom is 0.387 e. The van der Waals surface area contributed by atoms with Crippen molar-refractivity contribution in [3.63, 3.8) is 0 Å². The summed E-state index contributed by atoms with van der Waals surface area (Å²) in [5, 5.41) is 2.73. The summed E-state index contributed by atoms with van der Waals surface area (Å²) in [5.74, 6) is -0.299. The Bertz CT molecular complexity index is 881. The third kappa shape index (κ3) is 5.52. The Labute approximate surface area is 150 Å². The van der Waals surface area contributed by atoms with Crippen LogP contribution in [-0.2, 0) is 16.3 Å². The quantitative estimate of drug-likeness (QED) is 0.798. The third-order valence-corrected chi connectivity index (χ3v) is 4.84. The molecule has 2 aromatic carbocycles. The molecule has 26 heavy (non-hydrogen) atoms. The molecule has 0 saturated carbocycles. The van der Waals surface area contributed by atoms with E-state index in [9.17, 15) is 22.0 Å². The summed E-state index contributed by atoms with van der Waals surface area (Å²) in [4.78, 5) is 12.4. The summed E-state index contributed by atoms with van der Waals surface area (Å²) in [7, 11) is -3.40. The molecule has 0 spiro atoms. The second kappa shape index (κ2) is 8.27. The van der Waals surface area contributed by atoms with E-state index in [-0.39, 0.29) is 16.6 Å². The van der Waals surface area contributed by atoms with Crippen LogP contribution < -0.4 is 10.1 Å². The first-order valence-corrected chi connectivity index (χ1v) is 9.68. The lowest BCUT2D eigenvalue weighted by atomic mass is 10.1. The van der Waals surface area contributed by atoms with Gasteiger partial charge in [0.15, 0.2) is 9.84 Å². The Morgan fingerprint density at radius 1 is 1.15 bits per heavy atom. The first-order valence-electron chi connectivity index (χ1n) is 7.79. The van der Waals surface area contributed by atoms with E-state index in [0.717, 1.165) is 11.8 Å². The van der Waals surface area contributed by atoms with E-state index < -0.39 is 16.4 Å². The van der Waals surface area contributed by atoms with Crippen LogP contribution in [0.2, 0.25) is 0 Å². The van der Waals surface area contributed by atoms with Gasteiger partial charge >= 0.3 is 6.61 Å². The number of nitrogens with one attached hydrogen (secondary N) is 1. The maximum atomic E-state index is 12.3. The topological polar surface area (TPSA) is 72.5 Å². The first-order chi connectivity index (χ1) is 12.2. The van der Waals surface area contributed by atoms with Crippen molar-refractivity contribution < 1.29 is 26.7 Å². The number of sulfone groups is 1. The van der Waals surface area contributed by atoms with E-state index >= 15 is 0 Å². The number of amides is 1. The molecule has 2 rings (SSSR count). The maximum absolute atomic E-state index is 12.3. The molecule has 0 atom stereocenters. The average molecular weight is 383 g/mol. The molecule has 0 aliphatic rings. The predicted octanol–water partition coefficient (Wildman–Crippen LogP) is 2.97. The van der Waals surface area contributed by atoms with Crippen molar-refractivity contribution in [2.45, 2.75) is 24.9 Å². The number of halogens is 2. The minimum Gasteiger partial charge on any atom is -0.435 e. The van der Waals surface area contributed by atoms with Crippen LogP contribution >= 0.6 is 0 Å². The van der Waals surface area contributed by atoms with E-state index in [1.54, 1.807) is 25.1 Å². The van der Waals surface area contributed by atoms with Crippen LogP contribution in [0.15, 0.2) is 47.4 Å². The Balaban J connectivity index is 1.97. The highest BCUT2D eigenvalue weighted by atomic mass is 32.2. The van der Waals surface area contributed by atoms with Crippen LogP contribution in [0.3, 0.4) is 0 Å². The average Bonchev–Trinajstić information content (AvgIpc) is 2.55. The number of aryl methyl sites for hydroxylation is 1. The molecule has 0 aliphatic carbocycles. The number of carbonyl (C=O) groups is 1. The van der Waals surface area contributed by atoms with Crippen molar-refractivity contribution in [2.24, 2.45) is 0 Å². The zero-order valence-electron chi connectivity index (χ0n) is 14.3. The highest BCUT2D eigenvalue weighted by Gasteiger charge is 2.14. The van der Waals surface area contributed by atoms with Gasteiger partial charge in [-0.3, -0.25) is 4.79 Å². The Morgan fingerprint density at radius 2 is 1.81 bits per heavy atom. The van der Waals surface area contributed by atoms with Crippen LogP contribution in [0.4, 0.5) is 8.78 Å². The predicted molar refractivity (Wildman–Crippen MR) is 93.4 cm³/mol. The number of benzene rings is 2. The zero-order chi connectivity index (χ0) is 19.3. The van der Waals surface area contributed by atoms with Crippen LogP contribution in [0.25, 0.3) is 0 Å². The number of ether oxygens (including phenoxy) is 1. The Morgan fingerprint density at radius 3 is 2.38 bits per heavy atom. The second-order valence-corrected chi connectivity index (χ2v) is 7.79. The zero-order valence-corrected chi connectivity index (χ0v) is 15.1.